The number of nitriles is 1. The molecule has 1 saturated heterocycles. The van der Waals surface area contributed by atoms with Gasteiger partial charge < -0.3 is 4.74 Å². The van der Waals surface area contributed by atoms with Gasteiger partial charge in [-0.15, -0.1) is 0 Å². The second-order valence-electron chi connectivity index (χ2n) is 4.15. The highest BCUT2D eigenvalue weighted by Gasteiger charge is 2.34. The summed E-state index contributed by atoms with van der Waals surface area (Å²) in [5, 5.41) is 8.85. The largest absolute Gasteiger partial charge is 0.376 e. The van der Waals surface area contributed by atoms with Gasteiger partial charge in [-0.1, -0.05) is 11.6 Å². The first-order chi connectivity index (χ1) is 10.0. The molecule has 1 heterocycles. The summed E-state index contributed by atoms with van der Waals surface area (Å²) in [6.07, 6.45) is 0.392. The average molecular weight is 328 g/mol. The Labute approximate surface area is 126 Å². The molecule has 1 fully saturated rings. The molecular weight excluding hydrogens is 318 g/mol. The zero-order valence-corrected chi connectivity index (χ0v) is 12.3. The summed E-state index contributed by atoms with van der Waals surface area (Å²) in [5.74, 6) is 0. The molecule has 0 aromatic heterocycles. The molecule has 0 radical (unpaired) electrons. The highest BCUT2D eigenvalue weighted by Crippen LogP contribution is 2.25. The van der Waals surface area contributed by atoms with Crippen LogP contribution in [0.15, 0.2) is 28.1 Å². The lowest BCUT2D eigenvalue weighted by atomic mass is 10.2. The van der Waals surface area contributed by atoms with E-state index in [0.29, 0.717) is 0 Å². The Balaban J connectivity index is 2.43. The minimum atomic E-state index is -3.89. The SMILES string of the molecule is N#Cc1ccc(S(=O)(=O)N2CCOCC2N=C=O)cc1Cl. The molecule has 21 heavy (non-hydrogen) atoms. The van der Waals surface area contributed by atoms with Crippen molar-refractivity contribution < 1.29 is 17.9 Å². The molecule has 0 saturated carbocycles. The number of halogens is 1. The fourth-order valence-electron chi connectivity index (χ4n) is 1.90. The van der Waals surface area contributed by atoms with Crippen molar-refractivity contribution >= 4 is 27.7 Å². The summed E-state index contributed by atoms with van der Waals surface area (Å²) in [4.78, 5) is 13.8. The second-order valence-corrected chi connectivity index (χ2v) is 6.44. The summed E-state index contributed by atoms with van der Waals surface area (Å²) in [6, 6.07) is 5.67. The Morgan fingerprint density at radius 3 is 2.86 bits per heavy atom. The minimum absolute atomic E-state index is 0.0154. The van der Waals surface area contributed by atoms with Crippen LogP contribution in [0.5, 0.6) is 0 Å². The van der Waals surface area contributed by atoms with Crippen LogP contribution < -0.4 is 0 Å². The molecule has 0 bridgehead atoms. The Kier molecular flexibility index (Phi) is 4.73. The number of aliphatic imine (C=N–C) groups is 1. The number of ether oxygens (including phenoxy) is 1. The van der Waals surface area contributed by atoms with Crippen LogP contribution in [0.25, 0.3) is 0 Å². The maximum absolute atomic E-state index is 12.6. The third-order valence-electron chi connectivity index (χ3n) is 2.92. The molecule has 1 aromatic carbocycles. The number of morpholine rings is 1. The maximum Gasteiger partial charge on any atom is 0.245 e. The molecule has 1 aliphatic rings. The van der Waals surface area contributed by atoms with Gasteiger partial charge in [0.1, 0.15) is 6.07 Å². The molecule has 110 valence electrons. The van der Waals surface area contributed by atoms with Crippen molar-refractivity contribution in [3.8, 4) is 6.07 Å². The van der Waals surface area contributed by atoms with Gasteiger partial charge in [0.25, 0.3) is 0 Å². The number of hydrogen-bond acceptors (Lipinski definition) is 6. The van der Waals surface area contributed by atoms with Gasteiger partial charge in [-0.25, -0.2) is 13.2 Å². The van der Waals surface area contributed by atoms with Crippen LogP contribution in [-0.2, 0) is 19.6 Å². The fourth-order valence-corrected chi connectivity index (χ4v) is 3.71. The van der Waals surface area contributed by atoms with Crippen molar-refractivity contribution in [3.63, 3.8) is 0 Å². The Morgan fingerprint density at radius 2 is 2.24 bits per heavy atom. The van der Waals surface area contributed by atoms with E-state index in [1.165, 1.54) is 24.3 Å². The van der Waals surface area contributed by atoms with Gasteiger partial charge in [0, 0.05) is 6.54 Å². The number of sulfonamides is 1. The van der Waals surface area contributed by atoms with Gasteiger partial charge in [0.15, 0.2) is 6.17 Å². The van der Waals surface area contributed by atoms with Crippen molar-refractivity contribution in [1.29, 1.82) is 5.26 Å². The first kappa shape index (κ1) is 15.6. The fraction of sp³-hybridized carbons (Fsp3) is 0.333. The molecular formula is C12H10ClN3O4S. The summed E-state index contributed by atoms with van der Waals surface area (Å²) >= 11 is 5.86. The zero-order valence-electron chi connectivity index (χ0n) is 10.7. The van der Waals surface area contributed by atoms with E-state index in [2.05, 4.69) is 4.99 Å². The Morgan fingerprint density at radius 1 is 1.48 bits per heavy atom. The van der Waals surface area contributed by atoms with Crippen LogP contribution in [0.4, 0.5) is 0 Å². The quantitative estimate of drug-likeness (QED) is 0.606. The van der Waals surface area contributed by atoms with Crippen LogP contribution in [-0.4, -0.2) is 44.7 Å². The van der Waals surface area contributed by atoms with Gasteiger partial charge >= 0.3 is 0 Å². The molecule has 1 aliphatic heterocycles. The summed E-state index contributed by atoms with van der Waals surface area (Å²) < 4.78 is 31.3. The number of nitrogens with zero attached hydrogens (tertiary/aromatic N) is 3. The van der Waals surface area contributed by atoms with Crippen molar-refractivity contribution in [2.24, 2.45) is 4.99 Å². The van der Waals surface area contributed by atoms with Gasteiger partial charge in [0.2, 0.25) is 16.1 Å². The summed E-state index contributed by atoms with van der Waals surface area (Å²) in [6.45, 7) is 0.252. The average Bonchev–Trinajstić information content (AvgIpc) is 2.48. The van der Waals surface area contributed by atoms with Crippen molar-refractivity contribution in [2.45, 2.75) is 11.1 Å². The third kappa shape index (κ3) is 3.13. The molecule has 7 nitrogen and oxygen atoms in total. The summed E-state index contributed by atoms with van der Waals surface area (Å²) in [5.41, 5.74) is 0.181. The summed E-state index contributed by atoms with van der Waals surface area (Å²) in [7, 11) is -3.89. The van der Waals surface area contributed by atoms with Crippen molar-refractivity contribution in [3.05, 3.63) is 28.8 Å². The highest BCUT2D eigenvalue weighted by atomic mass is 35.5. The van der Waals surface area contributed by atoms with Crippen LogP contribution in [0.2, 0.25) is 5.02 Å². The predicted octanol–water partition coefficient (Wildman–Crippen LogP) is 0.894. The second kappa shape index (κ2) is 6.35. The minimum Gasteiger partial charge on any atom is -0.376 e. The molecule has 1 unspecified atom stereocenters. The van der Waals surface area contributed by atoms with E-state index in [9.17, 15) is 13.2 Å². The number of carbonyl (C=O) groups excluding carboxylic acids is 1. The van der Waals surface area contributed by atoms with E-state index in [-0.39, 0.29) is 35.2 Å². The Bertz CT molecular complexity index is 737. The molecule has 0 amide bonds. The van der Waals surface area contributed by atoms with E-state index in [1.807, 2.05) is 6.07 Å². The van der Waals surface area contributed by atoms with E-state index < -0.39 is 16.2 Å². The zero-order chi connectivity index (χ0) is 15.5. The lowest BCUT2D eigenvalue weighted by molar-refractivity contribution is 0.0359. The molecule has 1 atom stereocenters. The van der Waals surface area contributed by atoms with E-state index in [1.54, 1.807) is 0 Å². The van der Waals surface area contributed by atoms with Gasteiger partial charge in [-0.2, -0.15) is 14.6 Å². The smallest absolute Gasteiger partial charge is 0.245 e. The van der Waals surface area contributed by atoms with Crippen molar-refractivity contribution in [1.82, 2.24) is 4.31 Å². The van der Waals surface area contributed by atoms with E-state index >= 15 is 0 Å². The molecule has 1 aromatic rings. The molecule has 9 heteroatoms. The van der Waals surface area contributed by atoms with Gasteiger partial charge in [0.05, 0.1) is 28.7 Å². The van der Waals surface area contributed by atoms with Gasteiger partial charge in [-0.3, -0.25) is 0 Å². The molecule has 0 N–H and O–H groups in total. The first-order valence-electron chi connectivity index (χ1n) is 5.87. The lowest BCUT2D eigenvalue weighted by Gasteiger charge is -2.31. The molecule has 0 spiro atoms. The lowest BCUT2D eigenvalue weighted by Crippen LogP contribution is -2.47. The topological polar surface area (TPSA) is 99.8 Å². The van der Waals surface area contributed by atoms with Gasteiger partial charge in [-0.05, 0) is 18.2 Å². The number of rotatable bonds is 3. The molecule has 2 rings (SSSR count). The maximum atomic E-state index is 12.6. The molecule has 0 aliphatic carbocycles. The third-order valence-corrected chi connectivity index (χ3v) is 5.13. The number of benzene rings is 1. The number of hydrogen-bond donors (Lipinski definition) is 0. The van der Waals surface area contributed by atoms with Crippen LogP contribution in [0.3, 0.4) is 0 Å². The standard InChI is InChI=1S/C12H10ClN3O4S/c13-11-5-10(2-1-9(11)6-14)21(18,19)16-3-4-20-7-12(16)15-8-17/h1-2,5,12H,3-4,7H2. The Hall–Kier alpha value is -1.75. The first-order valence-corrected chi connectivity index (χ1v) is 7.68. The van der Waals surface area contributed by atoms with Crippen molar-refractivity contribution in [2.75, 3.05) is 19.8 Å². The van der Waals surface area contributed by atoms with E-state index in [0.717, 1.165) is 4.31 Å². The van der Waals surface area contributed by atoms with E-state index in [4.69, 9.17) is 21.6 Å². The number of isocyanates is 1. The monoisotopic (exact) mass is 327 g/mol. The van der Waals surface area contributed by atoms with Crippen LogP contribution >= 0.6 is 11.6 Å². The van der Waals surface area contributed by atoms with Crippen LogP contribution in [0, 0.1) is 11.3 Å². The predicted molar refractivity (Wildman–Crippen MR) is 72.8 cm³/mol. The normalized spacial score (nSPS) is 19.5. The van der Waals surface area contributed by atoms with Crippen LogP contribution in [0.1, 0.15) is 5.56 Å². The highest BCUT2D eigenvalue weighted by molar-refractivity contribution is 7.89.